The summed E-state index contributed by atoms with van der Waals surface area (Å²) in [4.78, 5) is 14.9. The Morgan fingerprint density at radius 3 is 2.10 bits per heavy atom. The van der Waals surface area contributed by atoms with Crippen LogP contribution in [0.4, 0.5) is 35.1 Å². The second-order valence-corrected chi connectivity index (χ2v) is 14.0. The zero-order valence-corrected chi connectivity index (χ0v) is 27.0. The van der Waals surface area contributed by atoms with E-state index in [1.54, 1.807) is 27.0 Å². The maximum absolute atomic E-state index is 14.7. The average Bonchev–Trinajstić information content (AvgIpc) is 3.02. The summed E-state index contributed by atoms with van der Waals surface area (Å²) in [6.45, 7) is 4.89. The quantitative estimate of drug-likeness (QED) is 0.142. The van der Waals surface area contributed by atoms with E-state index >= 15 is 0 Å². The van der Waals surface area contributed by atoms with E-state index in [4.69, 9.17) is 0 Å². The molecule has 3 aromatic carbocycles. The highest BCUT2D eigenvalue weighted by molar-refractivity contribution is 7.92. The Morgan fingerprint density at radius 2 is 1.54 bits per heavy atom. The SMILES string of the molecule is CC(=O)Cc1ccc2ncccc2c1.CCC1CCc2cc(C(F)(C(F)(F)F)C(F)(F)F)ccc2C1(CC)S(=O)(=O)c1ccc(F)cc1. The number of halogens is 8. The molecule has 1 heterocycles. The minimum atomic E-state index is -6.28. The fourth-order valence-electron chi connectivity index (χ4n) is 6.61. The molecule has 0 radical (unpaired) electrons. The monoisotopic (exact) mass is 699 g/mol. The number of Topliss-reactive ketones (excluding diaryl/α,β-unsaturated/α-hetero) is 1. The van der Waals surface area contributed by atoms with Crippen molar-refractivity contribution in [2.75, 3.05) is 0 Å². The largest absolute Gasteiger partial charge is 0.435 e. The average molecular weight is 700 g/mol. The lowest BCUT2D eigenvalue weighted by Crippen LogP contribution is -2.51. The highest BCUT2D eigenvalue weighted by atomic mass is 32.2. The van der Waals surface area contributed by atoms with Crippen molar-refractivity contribution in [1.29, 1.82) is 0 Å². The Bertz CT molecular complexity index is 1870. The van der Waals surface area contributed by atoms with Crippen molar-refractivity contribution >= 4 is 26.5 Å². The molecular weight excluding hydrogens is 666 g/mol. The van der Waals surface area contributed by atoms with E-state index in [-0.39, 0.29) is 41.1 Å². The molecule has 258 valence electrons. The molecule has 2 unspecified atom stereocenters. The third-order valence-electron chi connectivity index (χ3n) is 8.90. The molecule has 4 aromatic rings. The number of aromatic nitrogens is 1. The minimum absolute atomic E-state index is 0.0197. The molecule has 0 bridgehead atoms. The van der Waals surface area contributed by atoms with Gasteiger partial charge in [-0.05, 0) is 91.3 Å². The molecule has 13 heteroatoms. The summed E-state index contributed by atoms with van der Waals surface area (Å²) in [5, 5.41) is 1.09. The van der Waals surface area contributed by atoms with Crippen LogP contribution in [-0.4, -0.2) is 31.5 Å². The van der Waals surface area contributed by atoms with Crippen LogP contribution in [0.5, 0.6) is 0 Å². The Hall–Kier alpha value is -3.87. The van der Waals surface area contributed by atoms with Crippen molar-refractivity contribution in [3.63, 3.8) is 0 Å². The van der Waals surface area contributed by atoms with Crippen molar-refractivity contribution in [2.24, 2.45) is 5.92 Å². The smallest absolute Gasteiger partial charge is 0.300 e. The molecule has 4 nitrogen and oxygen atoms in total. The third-order valence-corrected chi connectivity index (χ3v) is 11.6. The lowest BCUT2D eigenvalue weighted by atomic mass is 9.71. The molecule has 0 aliphatic heterocycles. The highest BCUT2D eigenvalue weighted by Gasteiger charge is 2.73. The van der Waals surface area contributed by atoms with Gasteiger partial charge in [0.05, 0.1) is 10.4 Å². The fourth-order valence-corrected chi connectivity index (χ4v) is 9.12. The predicted octanol–water partition coefficient (Wildman–Crippen LogP) is 9.53. The number of sulfone groups is 1. The summed E-state index contributed by atoms with van der Waals surface area (Å²) in [7, 11) is -4.28. The van der Waals surface area contributed by atoms with Gasteiger partial charge in [-0.2, -0.15) is 26.3 Å². The van der Waals surface area contributed by atoms with Gasteiger partial charge in [0.25, 0.3) is 0 Å². The van der Waals surface area contributed by atoms with Crippen LogP contribution in [0, 0.1) is 11.7 Å². The highest BCUT2D eigenvalue weighted by Crippen LogP contribution is 2.56. The minimum Gasteiger partial charge on any atom is -0.300 e. The van der Waals surface area contributed by atoms with Crippen LogP contribution in [0.15, 0.2) is 83.9 Å². The Kier molecular flexibility index (Phi) is 10.4. The summed E-state index contributed by atoms with van der Waals surface area (Å²) >= 11 is 0. The fraction of sp³-hybridized carbons (Fsp3) is 0.371. The van der Waals surface area contributed by atoms with Crippen molar-refractivity contribution in [1.82, 2.24) is 4.98 Å². The van der Waals surface area contributed by atoms with Gasteiger partial charge >= 0.3 is 18.0 Å². The van der Waals surface area contributed by atoms with Crippen LogP contribution in [0.25, 0.3) is 10.9 Å². The van der Waals surface area contributed by atoms with E-state index in [2.05, 4.69) is 4.98 Å². The van der Waals surface area contributed by atoms with Gasteiger partial charge in [-0.3, -0.25) is 9.78 Å². The molecule has 2 atom stereocenters. The maximum Gasteiger partial charge on any atom is 0.435 e. The number of rotatable bonds is 7. The molecular formula is C35H33F8NO3S. The number of hydrogen-bond acceptors (Lipinski definition) is 4. The first kappa shape index (κ1) is 37.0. The van der Waals surface area contributed by atoms with Gasteiger partial charge in [0.1, 0.15) is 16.3 Å². The number of nitrogens with zero attached hydrogens (tertiary/aromatic N) is 1. The molecule has 1 aromatic heterocycles. The molecule has 0 saturated heterocycles. The number of ketones is 1. The lowest BCUT2D eigenvalue weighted by Gasteiger charge is -2.45. The van der Waals surface area contributed by atoms with E-state index < -0.39 is 49.9 Å². The normalized spacial score (nSPS) is 18.5. The summed E-state index contributed by atoms with van der Waals surface area (Å²) in [6.07, 6.45) is -9.83. The summed E-state index contributed by atoms with van der Waals surface area (Å²) in [5.74, 6) is -1.01. The van der Waals surface area contributed by atoms with Crippen LogP contribution < -0.4 is 0 Å². The number of hydrogen-bond donors (Lipinski definition) is 0. The lowest BCUT2D eigenvalue weighted by molar-refractivity contribution is -0.348. The standard InChI is InChI=1S/C23H22F8O2S.C12H11NO/c1-3-15-6-5-14-13-16(21(25,22(26,27)28)23(29,30)31)7-12-19(14)20(15,4-2)34(32,33)18-10-8-17(24)9-11-18;1-9(14)7-10-4-5-12-11(8-10)3-2-6-13-12/h7-13,15H,3-6H2,1-2H3;2-6,8H,7H2,1H3. The molecule has 5 rings (SSSR count). The first-order chi connectivity index (χ1) is 22.3. The van der Waals surface area contributed by atoms with Gasteiger partial charge in [-0.15, -0.1) is 0 Å². The Morgan fingerprint density at radius 1 is 0.896 bits per heavy atom. The summed E-state index contributed by atoms with van der Waals surface area (Å²) in [6, 6.07) is 15.6. The molecule has 0 spiro atoms. The number of pyridine rings is 1. The van der Waals surface area contributed by atoms with Crippen molar-refractivity contribution in [3.8, 4) is 0 Å². The number of carbonyl (C=O) groups excluding carboxylic acids is 1. The van der Waals surface area contributed by atoms with E-state index in [9.17, 15) is 48.3 Å². The van der Waals surface area contributed by atoms with Crippen LogP contribution in [-0.2, 0) is 37.9 Å². The summed E-state index contributed by atoms with van der Waals surface area (Å²) < 4.78 is 134. The zero-order chi connectivity index (χ0) is 35.7. The van der Waals surface area contributed by atoms with Gasteiger partial charge in [0.15, 0.2) is 9.84 Å². The van der Waals surface area contributed by atoms with Crippen molar-refractivity contribution in [3.05, 3.63) is 107 Å². The second-order valence-electron chi connectivity index (χ2n) is 11.8. The molecule has 0 saturated carbocycles. The first-order valence-corrected chi connectivity index (χ1v) is 16.6. The van der Waals surface area contributed by atoms with E-state index in [0.29, 0.717) is 25.0 Å². The predicted molar refractivity (Wildman–Crippen MR) is 165 cm³/mol. The Labute approximate surface area is 273 Å². The van der Waals surface area contributed by atoms with Crippen molar-refractivity contribution in [2.45, 2.75) is 80.5 Å². The van der Waals surface area contributed by atoms with Gasteiger partial charge < -0.3 is 0 Å². The second kappa shape index (κ2) is 13.6. The van der Waals surface area contributed by atoms with Gasteiger partial charge in [-0.25, -0.2) is 17.2 Å². The maximum atomic E-state index is 14.7. The molecule has 0 fully saturated rings. The number of benzene rings is 3. The number of aryl methyl sites for hydroxylation is 1. The van der Waals surface area contributed by atoms with E-state index in [0.717, 1.165) is 46.8 Å². The summed E-state index contributed by atoms with van der Waals surface area (Å²) in [5.41, 5.74) is -5.29. The third kappa shape index (κ3) is 6.57. The first-order valence-electron chi connectivity index (χ1n) is 15.1. The van der Waals surface area contributed by atoms with Gasteiger partial charge in [0.2, 0.25) is 0 Å². The van der Waals surface area contributed by atoms with Crippen molar-refractivity contribution < 1.29 is 48.3 Å². The zero-order valence-electron chi connectivity index (χ0n) is 26.2. The molecule has 1 aliphatic carbocycles. The van der Waals surface area contributed by atoms with E-state index in [1.807, 2.05) is 30.3 Å². The van der Waals surface area contributed by atoms with Gasteiger partial charge in [-0.1, -0.05) is 50.6 Å². The molecule has 1 aliphatic rings. The topological polar surface area (TPSA) is 64.1 Å². The van der Waals surface area contributed by atoms with Crippen LogP contribution >= 0.6 is 0 Å². The number of alkyl halides is 7. The van der Waals surface area contributed by atoms with Crippen LogP contribution in [0.1, 0.15) is 62.3 Å². The van der Waals surface area contributed by atoms with Crippen LogP contribution in [0.3, 0.4) is 0 Å². The van der Waals surface area contributed by atoms with E-state index in [1.165, 1.54) is 0 Å². The van der Waals surface area contributed by atoms with Gasteiger partial charge in [0, 0.05) is 23.6 Å². The van der Waals surface area contributed by atoms with Crippen LogP contribution in [0.2, 0.25) is 0 Å². The number of carbonyl (C=O) groups is 1. The number of fused-ring (bicyclic) bond motifs is 2. The Balaban J connectivity index is 0.000000307. The molecule has 0 amide bonds. The molecule has 48 heavy (non-hydrogen) atoms. The molecule has 0 N–H and O–H groups in total.